The topological polar surface area (TPSA) is 67.0 Å². The van der Waals surface area contributed by atoms with E-state index in [-0.39, 0.29) is 18.1 Å². The van der Waals surface area contributed by atoms with Crippen LogP contribution in [0.2, 0.25) is 0 Å². The molecule has 0 saturated heterocycles. The van der Waals surface area contributed by atoms with Crippen LogP contribution >= 0.6 is 0 Å². The average molecular weight is 263 g/mol. The molecule has 2 atom stereocenters. The monoisotopic (exact) mass is 263 g/mol. The molecule has 2 N–H and O–H groups in total. The van der Waals surface area contributed by atoms with E-state index >= 15 is 0 Å². The number of carbonyl (C=O) groups excluding carboxylic acids is 1. The van der Waals surface area contributed by atoms with Crippen LogP contribution in [0.15, 0.2) is 0 Å². The van der Waals surface area contributed by atoms with Gasteiger partial charge in [0.05, 0.1) is 17.9 Å². The van der Waals surface area contributed by atoms with E-state index in [4.69, 9.17) is 4.74 Å². The first-order valence-electron chi connectivity index (χ1n) is 6.99. The van der Waals surface area contributed by atoms with Crippen LogP contribution in [-0.2, 0) is 11.2 Å². The summed E-state index contributed by atoms with van der Waals surface area (Å²) in [6.07, 6.45) is 3.26. The molecular weight excluding hydrogens is 242 g/mol. The van der Waals surface area contributed by atoms with E-state index in [2.05, 4.69) is 22.4 Å². The Morgan fingerprint density at radius 1 is 1.53 bits per heavy atom. The van der Waals surface area contributed by atoms with Gasteiger partial charge in [0.1, 0.15) is 0 Å². The zero-order chi connectivity index (χ0) is 13.6. The number of hydrogen-bond donors (Lipinski definition) is 2. The molecule has 2 heterocycles. The number of aromatic nitrogens is 2. The Kier molecular flexibility index (Phi) is 2.89. The van der Waals surface area contributed by atoms with Crippen LogP contribution in [0.4, 0.5) is 0 Å². The SMILES string of the molecule is C[C@@H]1Cc2c(C(=O)NCC3(C)CC3)n[nH]c2[C@H](C)O1. The zero-order valence-corrected chi connectivity index (χ0v) is 11.7. The van der Waals surface area contributed by atoms with Crippen molar-refractivity contribution in [3.8, 4) is 0 Å². The van der Waals surface area contributed by atoms with E-state index in [0.29, 0.717) is 11.1 Å². The molecule has 1 aromatic heterocycles. The molecule has 1 saturated carbocycles. The maximum atomic E-state index is 12.2. The number of nitrogens with one attached hydrogen (secondary N) is 2. The van der Waals surface area contributed by atoms with E-state index in [1.165, 1.54) is 12.8 Å². The molecule has 0 bridgehead atoms. The third-order valence-corrected chi connectivity index (χ3v) is 4.23. The molecule has 1 aliphatic carbocycles. The Bertz CT molecular complexity index is 505. The van der Waals surface area contributed by atoms with Gasteiger partial charge in [0.2, 0.25) is 0 Å². The van der Waals surface area contributed by atoms with E-state index in [1.807, 2.05) is 13.8 Å². The van der Waals surface area contributed by atoms with E-state index < -0.39 is 0 Å². The normalized spacial score (nSPS) is 27.7. The number of amides is 1. The van der Waals surface area contributed by atoms with Gasteiger partial charge in [-0.05, 0) is 32.1 Å². The Labute approximate surface area is 113 Å². The molecule has 0 unspecified atom stereocenters. The van der Waals surface area contributed by atoms with Crippen molar-refractivity contribution in [2.24, 2.45) is 5.41 Å². The van der Waals surface area contributed by atoms with Gasteiger partial charge in [0, 0.05) is 18.5 Å². The fourth-order valence-electron chi connectivity index (χ4n) is 2.63. The van der Waals surface area contributed by atoms with Crippen LogP contribution in [0, 0.1) is 5.41 Å². The Morgan fingerprint density at radius 2 is 2.26 bits per heavy atom. The first-order valence-corrected chi connectivity index (χ1v) is 6.99. The smallest absolute Gasteiger partial charge is 0.272 e. The molecule has 0 aromatic carbocycles. The summed E-state index contributed by atoms with van der Waals surface area (Å²) < 4.78 is 5.73. The van der Waals surface area contributed by atoms with E-state index in [0.717, 1.165) is 24.2 Å². The van der Waals surface area contributed by atoms with Gasteiger partial charge in [0.15, 0.2) is 5.69 Å². The van der Waals surface area contributed by atoms with Gasteiger partial charge in [-0.2, -0.15) is 5.10 Å². The zero-order valence-electron chi connectivity index (χ0n) is 11.7. The minimum atomic E-state index is -0.0630. The van der Waals surface area contributed by atoms with Gasteiger partial charge in [-0.15, -0.1) is 0 Å². The second kappa shape index (κ2) is 4.34. The Morgan fingerprint density at radius 3 is 2.95 bits per heavy atom. The number of H-pyrrole nitrogens is 1. The Balaban J connectivity index is 1.76. The molecule has 2 aliphatic rings. The Hall–Kier alpha value is -1.36. The number of carbonyl (C=O) groups is 1. The first kappa shape index (κ1) is 12.7. The highest BCUT2D eigenvalue weighted by molar-refractivity contribution is 5.94. The second-order valence-electron chi connectivity index (χ2n) is 6.25. The van der Waals surface area contributed by atoms with E-state index in [1.54, 1.807) is 0 Å². The fourth-order valence-corrected chi connectivity index (χ4v) is 2.63. The van der Waals surface area contributed by atoms with E-state index in [9.17, 15) is 4.79 Å². The van der Waals surface area contributed by atoms with Crippen molar-refractivity contribution < 1.29 is 9.53 Å². The standard InChI is InChI=1S/C14H21N3O2/c1-8-6-10-11(9(2)19-8)16-17-12(10)13(18)15-7-14(3)4-5-14/h8-9H,4-7H2,1-3H3,(H,15,18)(H,16,17)/t8-,9+/m1/s1. The molecule has 5 nitrogen and oxygen atoms in total. The summed E-state index contributed by atoms with van der Waals surface area (Å²) in [5, 5.41) is 10.1. The molecule has 0 spiro atoms. The number of ether oxygens (including phenoxy) is 1. The highest BCUT2D eigenvalue weighted by atomic mass is 16.5. The maximum Gasteiger partial charge on any atom is 0.272 e. The van der Waals surface area contributed by atoms with Gasteiger partial charge >= 0.3 is 0 Å². The minimum Gasteiger partial charge on any atom is -0.369 e. The molecule has 1 aromatic rings. The summed E-state index contributed by atoms with van der Waals surface area (Å²) in [5.41, 5.74) is 2.82. The summed E-state index contributed by atoms with van der Waals surface area (Å²) in [4.78, 5) is 12.2. The lowest BCUT2D eigenvalue weighted by atomic mass is 9.99. The molecular formula is C14H21N3O2. The van der Waals surface area contributed by atoms with Crippen molar-refractivity contribution in [3.05, 3.63) is 17.0 Å². The molecule has 104 valence electrons. The largest absolute Gasteiger partial charge is 0.369 e. The highest BCUT2D eigenvalue weighted by Crippen LogP contribution is 2.44. The maximum absolute atomic E-state index is 12.2. The van der Waals surface area contributed by atoms with Crippen molar-refractivity contribution in [2.75, 3.05) is 6.54 Å². The number of rotatable bonds is 3. The third kappa shape index (κ3) is 2.39. The van der Waals surface area contributed by atoms with Crippen molar-refractivity contribution in [1.29, 1.82) is 0 Å². The van der Waals surface area contributed by atoms with Crippen LogP contribution in [-0.4, -0.2) is 28.8 Å². The number of hydrogen-bond acceptors (Lipinski definition) is 3. The number of aromatic amines is 1. The third-order valence-electron chi connectivity index (χ3n) is 4.23. The molecule has 1 amide bonds. The lowest BCUT2D eigenvalue weighted by molar-refractivity contribution is -0.00697. The second-order valence-corrected chi connectivity index (χ2v) is 6.25. The van der Waals surface area contributed by atoms with Crippen molar-refractivity contribution >= 4 is 5.91 Å². The van der Waals surface area contributed by atoms with Gasteiger partial charge in [-0.1, -0.05) is 6.92 Å². The van der Waals surface area contributed by atoms with Crippen molar-refractivity contribution in [2.45, 2.75) is 52.2 Å². The molecule has 1 aliphatic heterocycles. The van der Waals surface area contributed by atoms with Crippen LogP contribution in [0.3, 0.4) is 0 Å². The average Bonchev–Trinajstić information content (AvgIpc) is 2.93. The number of fused-ring (bicyclic) bond motifs is 1. The van der Waals surface area contributed by atoms with Crippen LogP contribution in [0.25, 0.3) is 0 Å². The summed E-state index contributed by atoms with van der Waals surface area (Å²) in [7, 11) is 0. The fraction of sp³-hybridized carbons (Fsp3) is 0.714. The summed E-state index contributed by atoms with van der Waals surface area (Å²) >= 11 is 0. The first-order chi connectivity index (χ1) is 8.98. The predicted octanol–water partition coefficient (Wildman–Crippen LogP) is 1.96. The summed E-state index contributed by atoms with van der Waals surface area (Å²) in [6, 6.07) is 0. The van der Waals surface area contributed by atoms with Gasteiger partial charge in [-0.25, -0.2) is 0 Å². The van der Waals surface area contributed by atoms with Gasteiger partial charge < -0.3 is 10.1 Å². The van der Waals surface area contributed by atoms with Crippen molar-refractivity contribution in [1.82, 2.24) is 15.5 Å². The van der Waals surface area contributed by atoms with Crippen LogP contribution in [0.1, 0.15) is 61.5 Å². The van der Waals surface area contributed by atoms with Gasteiger partial charge in [-0.3, -0.25) is 9.89 Å². The lowest BCUT2D eigenvalue weighted by Crippen LogP contribution is -2.31. The van der Waals surface area contributed by atoms with Crippen LogP contribution in [0.5, 0.6) is 0 Å². The lowest BCUT2D eigenvalue weighted by Gasteiger charge is -2.25. The molecule has 19 heavy (non-hydrogen) atoms. The molecule has 0 radical (unpaired) electrons. The minimum absolute atomic E-state index is 0.0197. The van der Waals surface area contributed by atoms with Crippen molar-refractivity contribution in [3.63, 3.8) is 0 Å². The quantitative estimate of drug-likeness (QED) is 0.876. The summed E-state index contributed by atoms with van der Waals surface area (Å²) in [5.74, 6) is -0.0630. The highest BCUT2D eigenvalue weighted by Gasteiger charge is 2.38. The predicted molar refractivity (Wildman–Crippen MR) is 70.9 cm³/mol. The molecule has 1 fully saturated rings. The van der Waals surface area contributed by atoms with Crippen LogP contribution < -0.4 is 5.32 Å². The van der Waals surface area contributed by atoms with Gasteiger partial charge in [0.25, 0.3) is 5.91 Å². The molecule has 3 rings (SSSR count). The number of nitrogens with zero attached hydrogens (tertiary/aromatic N) is 1. The molecule has 5 heteroatoms. The summed E-state index contributed by atoms with van der Waals surface area (Å²) in [6.45, 7) is 6.96.